The molecule has 2 atom stereocenters. The van der Waals surface area contributed by atoms with E-state index in [1.165, 1.54) is 5.56 Å². The molecule has 9 nitrogen and oxygen atoms in total. The number of Topliss-reactive ketones (excluding diaryl/α,β-unsaturated/α-hetero) is 1. The van der Waals surface area contributed by atoms with Crippen LogP contribution in [0.1, 0.15) is 71.4 Å². The third-order valence-electron chi connectivity index (χ3n) is 5.99. The highest BCUT2D eigenvalue weighted by Gasteiger charge is 2.19. The Labute approximate surface area is 236 Å². The van der Waals surface area contributed by atoms with Crippen molar-refractivity contribution in [2.75, 3.05) is 33.3 Å². The molecular weight excluding hydrogens is 494 g/mol. The van der Waals surface area contributed by atoms with Gasteiger partial charge in [-0.3, -0.25) is 14.5 Å². The van der Waals surface area contributed by atoms with Crippen LogP contribution in [0.2, 0.25) is 0 Å². The Hall–Kier alpha value is -2.59. The highest BCUT2D eigenvalue weighted by molar-refractivity contribution is 5.80. The number of ketones is 1. The highest BCUT2D eigenvalue weighted by Crippen LogP contribution is 2.21. The fourth-order valence-electron chi connectivity index (χ4n) is 3.53. The van der Waals surface area contributed by atoms with Gasteiger partial charge in [-0.25, -0.2) is 0 Å². The van der Waals surface area contributed by atoms with Crippen LogP contribution in [0.25, 0.3) is 0 Å². The van der Waals surface area contributed by atoms with Gasteiger partial charge in [0.2, 0.25) is 5.91 Å². The average molecular weight is 550 g/mol. The summed E-state index contributed by atoms with van der Waals surface area (Å²) in [5.41, 5.74) is 19.1. The van der Waals surface area contributed by atoms with Gasteiger partial charge in [0.1, 0.15) is 12.1 Å². The number of hydrogen-bond donors (Lipinski definition) is 4. The zero-order valence-electron chi connectivity index (χ0n) is 25.2. The van der Waals surface area contributed by atoms with E-state index in [1.807, 2.05) is 20.8 Å². The molecule has 1 aliphatic rings. The lowest BCUT2D eigenvalue weighted by Crippen LogP contribution is -2.35. The van der Waals surface area contributed by atoms with Crippen LogP contribution in [0, 0.1) is 5.92 Å². The highest BCUT2D eigenvalue weighted by atomic mass is 16.5. The molecule has 1 saturated heterocycles. The Morgan fingerprint density at radius 3 is 2.05 bits per heavy atom. The minimum atomic E-state index is -0.328. The maximum absolute atomic E-state index is 10.7. The number of carbonyl (C=O) groups excluding carboxylic acids is 3. The van der Waals surface area contributed by atoms with Crippen LogP contribution in [0.15, 0.2) is 36.5 Å². The van der Waals surface area contributed by atoms with Crippen molar-refractivity contribution in [3.8, 4) is 0 Å². The average Bonchev–Trinajstić information content (AvgIpc) is 2.90. The van der Waals surface area contributed by atoms with Crippen LogP contribution in [0.5, 0.6) is 0 Å². The number of allylic oxidation sites excluding steroid dienone is 1. The molecule has 1 heterocycles. The molecule has 1 fully saturated rings. The molecule has 0 aromatic heterocycles. The fourth-order valence-corrected chi connectivity index (χ4v) is 3.53. The van der Waals surface area contributed by atoms with E-state index in [4.69, 9.17) is 21.9 Å². The van der Waals surface area contributed by atoms with Crippen LogP contribution in [0.3, 0.4) is 0 Å². The second-order valence-corrected chi connectivity index (χ2v) is 9.68. The molecule has 224 valence electrons. The van der Waals surface area contributed by atoms with Gasteiger partial charge in [-0.1, -0.05) is 44.7 Å². The Bertz CT molecular complexity index is 789. The molecule has 1 aliphatic heterocycles. The van der Waals surface area contributed by atoms with E-state index in [-0.39, 0.29) is 23.8 Å². The van der Waals surface area contributed by atoms with Crippen LogP contribution < -0.4 is 22.5 Å². The molecule has 2 unspecified atom stereocenters. The topological polar surface area (TPSA) is 154 Å². The molecule has 1 aromatic carbocycles. The lowest BCUT2D eigenvalue weighted by atomic mass is 9.90. The van der Waals surface area contributed by atoms with Gasteiger partial charge < -0.3 is 32.0 Å². The number of likely N-dealkylation sites (tertiary alicyclic amines) is 1. The Morgan fingerprint density at radius 2 is 1.64 bits per heavy atom. The SMILES string of the molecule is C=C(C)N.CC.CNC(C)C(C)=O.NC(=O)CCC(N)COCc1ccc(CC2CCN(CC=O)CC2)cc1. The Kier molecular flexibility index (Phi) is 24.2. The van der Waals surface area contributed by atoms with E-state index in [1.54, 1.807) is 20.9 Å². The van der Waals surface area contributed by atoms with Crippen LogP contribution in [-0.4, -0.2) is 68.2 Å². The summed E-state index contributed by atoms with van der Waals surface area (Å²) in [5.74, 6) is 0.552. The van der Waals surface area contributed by atoms with E-state index < -0.39 is 0 Å². The predicted molar refractivity (Wildman–Crippen MR) is 161 cm³/mol. The monoisotopic (exact) mass is 549 g/mol. The van der Waals surface area contributed by atoms with Crippen molar-refractivity contribution < 1.29 is 19.1 Å². The van der Waals surface area contributed by atoms with E-state index in [0.29, 0.717) is 44.2 Å². The third-order valence-corrected chi connectivity index (χ3v) is 5.99. The summed E-state index contributed by atoms with van der Waals surface area (Å²) in [5, 5.41) is 2.81. The fraction of sp³-hybridized carbons (Fsp3) is 0.633. The van der Waals surface area contributed by atoms with Gasteiger partial charge in [-0.05, 0) is 89.3 Å². The van der Waals surface area contributed by atoms with Crippen LogP contribution >= 0.6 is 0 Å². The first-order valence-electron chi connectivity index (χ1n) is 13.9. The lowest BCUT2D eigenvalue weighted by Gasteiger charge is -2.30. The molecule has 39 heavy (non-hydrogen) atoms. The number of hydrogen-bond acceptors (Lipinski definition) is 8. The molecule has 9 heteroatoms. The quantitative estimate of drug-likeness (QED) is 0.274. The summed E-state index contributed by atoms with van der Waals surface area (Å²) in [7, 11) is 1.77. The smallest absolute Gasteiger partial charge is 0.217 e. The number of likely N-dealkylation sites (N-methyl/N-ethyl adjacent to an activating group) is 1. The summed E-state index contributed by atoms with van der Waals surface area (Å²) in [4.78, 5) is 33.8. The molecule has 7 N–H and O–H groups in total. The van der Waals surface area contributed by atoms with E-state index in [9.17, 15) is 14.4 Å². The van der Waals surface area contributed by atoms with E-state index in [0.717, 1.165) is 44.2 Å². The van der Waals surface area contributed by atoms with Crippen LogP contribution in [-0.2, 0) is 32.1 Å². The second-order valence-electron chi connectivity index (χ2n) is 9.68. The van der Waals surface area contributed by atoms with Gasteiger partial charge in [0.15, 0.2) is 0 Å². The maximum atomic E-state index is 10.7. The number of amides is 1. The van der Waals surface area contributed by atoms with Crippen molar-refractivity contribution >= 4 is 18.0 Å². The molecule has 1 amide bonds. The Morgan fingerprint density at radius 1 is 1.13 bits per heavy atom. The van der Waals surface area contributed by atoms with E-state index >= 15 is 0 Å². The number of nitrogens with zero attached hydrogens (tertiary/aromatic N) is 1. The first kappa shape index (κ1) is 38.6. The lowest BCUT2D eigenvalue weighted by molar-refractivity contribution is -0.119. The third kappa shape index (κ3) is 23.0. The first-order chi connectivity index (χ1) is 18.5. The van der Waals surface area contributed by atoms with Gasteiger partial charge in [0.05, 0.1) is 25.8 Å². The van der Waals surface area contributed by atoms with Crippen molar-refractivity contribution in [2.45, 2.75) is 85.4 Å². The van der Waals surface area contributed by atoms with E-state index in [2.05, 4.69) is 41.1 Å². The molecule has 0 spiro atoms. The number of ether oxygens (including phenoxy) is 1. The number of benzene rings is 1. The van der Waals surface area contributed by atoms with Gasteiger partial charge in [-0.2, -0.15) is 0 Å². The number of rotatable bonds is 13. The maximum Gasteiger partial charge on any atom is 0.217 e. The summed E-state index contributed by atoms with van der Waals surface area (Å²) in [6, 6.07) is 8.40. The van der Waals surface area contributed by atoms with Crippen molar-refractivity contribution in [1.29, 1.82) is 0 Å². The van der Waals surface area contributed by atoms with Gasteiger partial charge in [0.25, 0.3) is 0 Å². The van der Waals surface area contributed by atoms with Crippen molar-refractivity contribution in [1.82, 2.24) is 10.2 Å². The molecule has 0 radical (unpaired) electrons. The largest absolute Gasteiger partial charge is 0.403 e. The van der Waals surface area contributed by atoms with Crippen LogP contribution in [0.4, 0.5) is 0 Å². The molecular formula is C30H55N5O4. The van der Waals surface area contributed by atoms with Gasteiger partial charge in [-0.15, -0.1) is 0 Å². The molecule has 0 aliphatic carbocycles. The standard InChI is InChI=1S/C20H31N3O3.C5H11NO.C3H7N.C2H6/c21-19(5-6-20(22)25)15-26-14-18-3-1-16(2-4-18)13-17-7-9-23(10-8-17)11-12-24;1-4(6-3)5(2)7;1-3(2)4;1-2/h1-4,12,17,19H,5-11,13-15,21H2,(H2,22,25);4,6H,1-3H3;1,4H2,2H3;1-2H3. The number of aldehydes is 1. The van der Waals surface area contributed by atoms with Crippen molar-refractivity contribution in [2.24, 2.45) is 23.1 Å². The first-order valence-corrected chi connectivity index (χ1v) is 13.9. The number of nitrogens with two attached hydrogens (primary N) is 3. The summed E-state index contributed by atoms with van der Waals surface area (Å²) < 4.78 is 5.63. The van der Waals surface area contributed by atoms with Crippen molar-refractivity contribution in [3.63, 3.8) is 0 Å². The normalized spacial score (nSPS) is 14.6. The minimum absolute atomic E-state index is 0.0139. The van der Waals surface area contributed by atoms with Crippen molar-refractivity contribution in [3.05, 3.63) is 47.7 Å². The number of piperidine rings is 1. The minimum Gasteiger partial charge on any atom is -0.403 e. The van der Waals surface area contributed by atoms with Gasteiger partial charge in [0, 0.05) is 12.5 Å². The van der Waals surface area contributed by atoms with Gasteiger partial charge >= 0.3 is 0 Å². The zero-order valence-corrected chi connectivity index (χ0v) is 25.2. The number of nitrogens with one attached hydrogen (secondary N) is 1. The predicted octanol–water partition coefficient (Wildman–Crippen LogP) is 2.94. The zero-order chi connectivity index (χ0) is 30.2. The summed E-state index contributed by atoms with van der Waals surface area (Å²) >= 11 is 0. The number of carbonyl (C=O) groups is 3. The summed E-state index contributed by atoms with van der Waals surface area (Å²) in [6.45, 7) is 16.0. The molecule has 0 saturated carbocycles. The number of primary amides is 1. The molecule has 1 aromatic rings. The second kappa shape index (κ2) is 24.5. The summed E-state index contributed by atoms with van der Waals surface area (Å²) in [6.07, 6.45) is 5.25. The molecule has 2 rings (SSSR count). The Balaban J connectivity index is 0. The molecule has 0 bridgehead atoms.